The molecular formula is C21H19N3O3. The summed E-state index contributed by atoms with van der Waals surface area (Å²) in [5.41, 5.74) is 3.51. The third-order valence-electron chi connectivity index (χ3n) is 3.88. The van der Waals surface area contributed by atoms with E-state index in [0.717, 1.165) is 11.3 Å². The quantitative estimate of drug-likeness (QED) is 0.667. The molecule has 6 heteroatoms. The molecule has 0 bridgehead atoms. The van der Waals surface area contributed by atoms with Crippen LogP contribution in [-0.2, 0) is 4.74 Å². The SMILES string of the molecule is COC(=O)c1ccc(NC(=O)c2ccc(Nc3cccc(C)c3)nc2)cc1. The summed E-state index contributed by atoms with van der Waals surface area (Å²) in [6.45, 7) is 2.02. The Morgan fingerprint density at radius 1 is 0.926 bits per heavy atom. The van der Waals surface area contributed by atoms with E-state index in [0.29, 0.717) is 22.6 Å². The van der Waals surface area contributed by atoms with Gasteiger partial charge in [-0.25, -0.2) is 9.78 Å². The Morgan fingerprint density at radius 2 is 1.67 bits per heavy atom. The van der Waals surface area contributed by atoms with Crippen LogP contribution < -0.4 is 10.6 Å². The number of aromatic nitrogens is 1. The van der Waals surface area contributed by atoms with Crippen LogP contribution in [0.1, 0.15) is 26.3 Å². The molecule has 0 spiro atoms. The van der Waals surface area contributed by atoms with Crippen LogP contribution in [0, 0.1) is 6.92 Å². The van der Waals surface area contributed by atoms with E-state index in [1.54, 1.807) is 36.4 Å². The Bertz CT molecular complexity index is 951. The van der Waals surface area contributed by atoms with Gasteiger partial charge in [0.15, 0.2) is 0 Å². The van der Waals surface area contributed by atoms with E-state index in [4.69, 9.17) is 0 Å². The van der Waals surface area contributed by atoms with E-state index >= 15 is 0 Å². The van der Waals surface area contributed by atoms with Gasteiger partial charge in [0.25, 0.3) is 5.91 Å². The van der Waals surface area contributed by atoms with Crippen molar-refractivity contribution in [2.24, 2.45) is 0 Å². The molecule has 0 saturated heterocycles. The Hall–Kier alpha value is -3.67. The van der Waals surface area contributed by atoms with Gasteiger partial charge in [0.2, 0.25) is 0 Å². The second-order valence-corrected chi connectivity index (χ2v) is 5.95. The van der Waals surface area contributed by atoms with Gasteiger partial charge in [-0.05, 0) is 61.0 Å². The third-order valence-corrected chi connectivity index (χ3v) is 3.88. The lowest BCUT2D eigenvalue weighted by Gasteiger charge is -2.08. The normalized spacial score (nSPS) is 10.1. The maximum Gasteiger partial charge on any atom is 0.337 e. The highest BCUT2D eigenvalue weighted by Gasteiger charge is 2.09. The maximum absolute atomic E-state index is 12.3. The van der Waals surface area contributed by atoms with Gasteiger partial charge in [0, 0.05) is 17.6 Å². The predicted molar refractivity (Wildman–Crippen MR) is 104 cm³/mol. The van der Waals surface area contributed by atoms with Gasteiger partial charge in [0.1, 0.15) is 5.82 Å². The molecule has 0 fully saturated rings. The number of esters is 1. The first-order valence-corrected chi connectivity index (χ1v) is 8.34. The van der Waals surface area contributed by atoms with Gasteiger partial charge in [-0.15, -0.1) is 0 Å². The fourth-order valence-electron chi connectivity index (χ4n) is 2.48. The monoisotopic (exact) mass is 361 g/mol. The van der Waals surface area contributed by atoms with Crippen LogP contribution in [0.25, 0.3) is 0 Å². The number of nitrogens with one attached hydrogen (secondary N) is 2. The smallest absolute Gasteiger partial charge is 0.337 e. The summed E-state index contributed by atoms with van der Waals surface area (Å²) in [7, 11) is 1.32. The number of carbonyl (C=O) groups excluding carboxylic acids is 2. The first-order chi connectivity index (χ1) is 13.0. The number of carbonyl (C=O) groups is 2. The molecule has 0 aliphatic rings. The molecule has 136 valence electrons. The van der Waals surface area contributed by atoms with Crippen molar-refractivity contribution >= 4 is 29.1 Å². The van der Waals surface area contributed by atoms with E-state index in [2.05, 4.69) is 20.4 Å². The number of hydrogen-bond acceptors (Lipinski definition) is 5. The van der Waals surface area contributed by atoms with Crippen LogP contribution in [0.5, 0.6) is 0 Å². The van der Waals surface area contributed by atoms with E-state index in [1.165, 1.54) is 13.3 Å². The van der Waals surface area contributed by atoms with Crippen molar-refractivity contribution < 1.29 is 14.3 Å². The number of hydrogen-bond donors (Lipinski definition) is 2. The molecule has 2 N–H and O–H groups in total. The Labute approximate surface area is 157 Å². The van der Waals surface area contributed by atoms with Crippen molar-refractivity contribution in [2.75, 3.05) is 17.7 Å². The molecule has 27 heavy (non-hydrogen) atoms. The van der Waals surface area contributed by atoms with Crippen molar-refractivity contribution in [1.82, 2.24) is 4.98 Å². The van der Waals surface area contributed by atoms with E-state index in [1.807, 2.05) is 31.2 Å². The molecule has 1 amide bonds. The number of rotatable bonds is 5. The minimum atomic E-state index is -0.422. The van der Waals surface area contributed by atoms with Gasteiger partial charge in [-0.1, -0.05) is 12.1 Å². The van der Waals surface area contributed by atoms with Crippen molar-refractivity contribution in [3.63, 3.8) is 0 Å². The Balaban J connectivity index is 1.64. The Kier molecular flexibility index (Phi) is 5.47. The topological polar surface area (TPSA) is 80.3 Å². The average molecular weight is 361 g/mol. The van der Waals surface area contributed by atoms with Gasteiger partial charge >= 0.3 is 5.97 Å². The molecule has 0 aliphatic carbocycles. The number of nitrogens with zero attached hydrogens (tertiary/aromatic N) is 1. The van der Waals surface area contributed by atoms with Crippen LogP contribution in [0.3, 0.4) is 0 Å². The molecule has 6 nitrogen and oxygen atoms in total. The summed E-state index contributed by atoms with van der Waals surface area (Å²) in [5.74, 6) is -0.0521. The number of aryl methyl sites for hydroxylation is 1. The lowest BCUT2D eigenvalue weighted by Crippen LogP contribution is -2.12. The van der Waals surface area contributed by atoms with Crippen molar-refractivity contribution in [1.29, 1.82) is 0 Å². The molecule has 0 saturated carbocycles. The molecule has 0 aliphatic heterocycles. The maximum atomic E-state index is 12.3. The molecule has 1 aromatic heterocycles. The highest BCUT2D eigenvalue weighted by atomic mass is 16.5. The second-order valence-electron chi connectivity index (χ2n) is 5.95. The van der Waals surface area contributed by atoms with Gasteiger partial charge in [0.05, 0.1) is 18.2 Å². The summed E-state index contributed by atoms with van der Waals surface area (Å²) in [4.78, 5) is 28.0. The number of anilines is 3. The fraction of sp³-hybridized carbons (Fsp3) is 0.0952. The van der Waals surface area contributed by atoms with E-state index in [-0.39, 0.29) is 5.91 Å². The van der Waals surface area contributed by atoms with Gasteiger partial charge in [-0.3, -0.25) is 4.79 Å². The lowest BCUT2D eigenvalue weighted by atomic mass is 10.2. The number of benzene rings is 2. The molecule has 1 heterocycles. The van der Waals surface area contributed by atoms with E-state index < -0.39 is 5.97 Å². The fourth-order valence-corrected chi connectivity index (χ4v) is 2.48. The summed E-state index contributed by atoms with van der Waals surface area (Å²) >= 11 is 0. The second kappa shape index (κ2) is 8.14. The minimum absolute atomic E-state index is 0.282. The zero-order valence-corrected chi connectivity index (χ0v) is 15.0. The molecule has 2 aromatic carbocycles. The number of pyridine rings is 1. The molecule has 0 unspecified atom stereocenters. The molecule has 0 radical (unpaired) electrons. The average Bonchev–Trinajstić information content (AvgIpc) is 2.68. The summed E-state index contributed by atoms with van der Waals surface area (Å²) in [6, 6.07) is 17.9. The van der Waals surface area contributed by atoms with Crippen LogP contribution in [0.15, 0.2) is 66.9 Å². The predicted octanol–water partition coefficient (Wildman–Crippen LogP) is 4.17. The standard InChI is InChI=1S/C21H19N3O3/c1-14-4-3-5-18(12-14)23-19-11-8-16(13-22-19)20(25)24-17-9-6-15(7-10-17)21(26)27-2/h3-13H,1-2H3,(H,22,23)(H,24,25). The molecular weight excluding hydrogens is 342 g/mol. The summed E-state index contributed by atoms with van der Waals surface area (Å²) in [5, 5.41) is 5.96. The zero-order chi connectivity index (χ0) is 19.2. The first kappa shape index (κ1) is 18.1. The Morgan fingerprint density at radius 3 is 2.30 bits per heavy atom. The third kappa shape index (κ3) is 4.70. The number of ether oxygens (including phenoxy) is 1. The highest BCUT2D eigenvalue weighted by Crippen LogP contribution is 2.17. The van der Waals surface area contributed by atoms with Crippen LogP contribution in [-0.4, -0.2) is 24.0 Å². The van der Waals surface area contributed by atoms with Crippen LogP contribution in [0.2, 0.25) is 0 Å². The highest BCUT2D eigenvalue weighted by molar-refractivity contribution is 6.04. The summed E-state index contributed by atoms with van der Waals surface area (Å²) < 4.78 is 4.65. The largest absolute Gasteiger partial charge is 0.465 e. The molecule has 3 rings (SSSR count). The van der Waals surface area contributed by atoms with Crippen molar-refractivity contribution in [3.8, 4) is 0 Å². The number of methoxy groups -OCH3 is 1. The van der Waals surface area contributed by atoms with E-state index in [9.17, 15) is 9.59 Å². The van der Waals surface area contributed by atoms with Crippen LogP contribution in [0.4, 0.5) is 17.2 Å². The first-order valence-electron chi connectivity index (χ1n) is 8.34. The van der Waals surface area contributed by atoms with Gasteiger partial charge < -0.3 is 15.4 Å². The summed E-state index contributed by atoms with van der Waals surface area (Å²) in [6.07, 6.45) is 1.51. The number of amides is 1. The van der Waals surface area contributed by atoms with Gasteiger partial charge in [-0.2, -0.15) is 0 Å². The van der Waals surface area contributed by atoms with Crippen molar-refractivity contribution in [2.45, 2.75) is 6.92 Å². The van der Waals surface area contributed by atoms with Crippen LogP contribution >= 0.6 is 0 Å². The zero-order valence-electron chi connectivity index (χ0n) is 15.0. The molecule has 3 aromatic rings. The lowest BCUT2D eigenvalue weighted by molar-refractivity contribution is 0.0600. The van der Waals surface area contributed by atoms with Crippen molar-refractivity contribution in [3.05, 3.63) is 83.6 Å². The minimum Gasteiger partial charge on any atom is -0.465 e. The molecule has 0 atom stereocenters.